The number of alkyl halides is 2. The summed E-state index contributed by atoms with van der Waals surface area (Å²) in [6, 6.07) is 5.99. The van der Waals surface area contributed by atoms with Crippen molar-refractivity contribution in [3.63, 3.8) is 0 Å². The summed E-state index contributed by atoms with van der Waals surface area (Å²) in [7, 11) is 1.59. The number of carbonyl (C=O) groups excluding carboxylic acids is 1. The Morgan fingerprint density at radius 1 is 1.45 bits per heavy atom. The first kappa shape index (κ1) is 14.5. The first-order valence-corrected chi connectivity index (χ1v) is 6.14. The lowest BCUT2D eigenvalue weighted by molar-refractivity contribution is -0.116. The van der Waals surface area contributed by atoms with Crippen LogP contribution in [0.3, 0.4) is 0 Å². The van der Waals surface area contributed by atoms with Crippen LogP contribution in [0.2, 0.25) is 5.02 Å². The van der Waals surface area contributed by atoms with Gasteiger partial charge in [-0.25, -0.2) is 13.8 Å². The minimum atomic E-state index is -2.70. The van der Waals surface area contributed by atoms with Crippen molar-refractivity contribution >= 4 is 34.1 Å². The molecule has 1 amide bonds. The Labute approximate surface area is 119 Å². The molecule has 1 heterocycles. The van der Waals surface area contributed by atoms with E-state index in [4.69, 9.17) is 17.3 Å². The number of amides is 1. The van der Waals surface area contributed by atoms with Crippen LogP contribution in [0.4, 0.5) is 14.5 Å². The van der Waals surface area contributed by atoms with Gasteiger partial charge in [0.2, 0.25) is 5.91 Å². The fraction of sp³-hybridized carbons (Fsp3) is 0.231. The van der Waals surface area contributed by atoms with Crippen LogP contribution in [-0.2, 0) is 4.79 Å². The fourth-order valence-electron chi connectivity index (χ4n) is 1.95. The maximum absolute atomic E-state index is 12.9. The molecule has 0 fully saturated rings. The molecule has 0 aliphatic heterocycles. The molecular weight excluding hydrogens is 288 g/mol. The Hall–Kier alpha value is -1.95. The summed E-state index contributed by atoms with van der Waals surface area (Å²) >= 11 is 5.92. The molecule has 0 bridgehead atoms. The number of carbonyl (C=O) groups is 1. The number of primary amides is 1. The van der Waals surface area contributed by atoms with E-state index in [-0.39, 0.29) is 12.2 Å². The smallest absolute Gasteiger partial charge is 0.280 e. The molecular formula is C13H12ClF2N3O. The molecule has 1 aromatic heterocycles. The largest absolute Gasteiger partial charge is 0.368 e. The molecule has 2 rings (SSSR count). The number of hydrogen-bond acceptors (Lipinski definition) is 3. The lowest BCUT2D eigenvalue weighted by Crippen LogP contribution is -2.30. The normalized spacial score (nSPS) is 11.1. The minimum Gasteiger partial charge on any atom is -0.368 e. The van der Waals surface area contributed by atoms with Gasteiger partial charge >= 0.3 is 0 Å². The topological polar surface area (TPSA) is 59.2 Å². The van der Waals surface area contributed by atoms with Gasteiger partial charge in [-0.2, -0.15) is 0 Å². The van der Waals surface area contributed by atoms with Crippen molar-refractivity contribution in [2.75, 3.05) is 18.5 Å². The van der Waals surface area contributed by atoms with Crippen LogP contribution in [0, 0.1) is 0 Å². The van der Waals surface area contributed by atoms with E-state index in [1.165, 1.54) is 11.0 Å². The molecule has 0 aliphatic rings. The summed E-state index contributed by atoms with van der Waals surface area (Å²) in [5.41, 5.74) is 5.60. The number of hydrogen-bond donors (Lipinski definition) is 1. The molecule has 2 aromatic rings. The van der Waals surface area contributed by atoms with Crippen molar-refractivity contribution in [2.24, 2.45) is 5.73 Å². The summed E-state index contributed by atoms with van der Waals surface area (Å²) in [4.78, 5) is 16.4. The van der Waals surface area contributed by atoms with Gasteiger partial charge in [-0.15, -0.1) is 0 Å². The second kappa shape index (κ2) is 5.58. The third-order valence-electron chi connectivity index (χ3n) is 2.80. The highest BCUT2D eigenvalue weighted by Crippen LogP contribution is 2.31. The Morgan fingerprint density at radius 2 is 2.15 bits per heavy atom. The fourth-order valence-corrected chi connectivity index (χ4v) is 2.12. The van der Waals surface area contributed by atoms with Crippen molar-refractivity contribution in [2.45, 2.75) is 6.43 Å². The van der Waals surface area contributed by atoms with Crippen molar-refractivity contribution in [3.8, 4) is 0 Å². The lowest BCUT2D eigenvalue weighted by atomic mass is 10.1. The van der Waals surface area contributed by atoms with Gasteiger partial charge in [-0.3, -0.25) is 4.79 Å². The van der Waals surface area contributed by atoms with E-state index in [9.17, 15) is 13.6 Å². The number of nitrogens with two attached hydrogens (primary N) is 1. The molecule has 0 saturated carbocycles. The van der Waals surface area contributed by atoms with Gasteiger partial charge < -0.3 is 10.6 Å². The molecule has 7 heteroatoms. The van der Waals surface area contributed by atoms with E-state index in [2.05, 4.69) is 4.98 Å². The number of benzene rings is 1. The highest BCUT2D eigenvalue weighted by atomic mass is 35.5. The van der Waals surface area contributed by atoms with Crippen molar-refractivity contribution in [1.82, 2.24) is 4.98 Å². The minimum absolute atomic E-state index is 0.0890. The van der Waals surface area contributed by atoms with Crippen LogP contribution in [0.5, 0.6) is 0 Å². The second-order valence-electron chi connectivity index (χ2n) is 4.35. The van der Waals surface area contributed by atoms with Crippen LogP contribution in [0.25, 0.3) is 10.9 Å². The number of anilines is 1. The van der Waals surface area contributed by atoms with E-state index >= 15 is 0 Å². The molecule has 0 atom stereocenters. The molecule has 20 heavy (non-hydrogen) atoms. The molecule has 4 nitrogen and oxygen atoms in total. The molecule has 0 saturated heterocycles. The monoisotopic (exact) mass is 299 g/mol. The third-order valence-corrected chi connectivity index (χ3v) is 3.03. The van der Waals surface area contributed by atoms with Crippen molar-refractivity contribution < 1.29 is 13.6 Å². The zero-order valence-corrected chi connectivity index (χ0v) is 11.4. The Balaban J connectivity index is 2.64. The quantitative estimate of drug-likeness (QED) is 0.944. The highest BCUT2D eigenvalue weighted by molar-refractivity contribution is 6.31. The molecule has 106 valence electrons. The van der Waals surface area contributed by atoms with Gasteiger partial charge in [0.15, 0.2) is 0 Å². The van der Waals surface area contributed by atoms with Crippen LogP contribution >= 0.6 is 11.6 Å². The number of likely N-dealkylation sites (N-methyl/N-ethyl adjacent to an activating group) is 1. The predicted molar refractivity (Wildman–Crippen MR) is 74.2 cm³/mol. The molecule has 1 aromatic carbocycles. The van der Waals surface area contributed by atoms with E-state index < -0.39 is 12.3 Å². The summed E-state index contributed by atoms with van der Waals surface area (Å²) in [6.45, 7) is -0.0890. The molecule has 0 unspecified atom stereocenters. The highest BCUT2D eigenvalue weighted by Gasteiger charge is 2.16. The zero-order valence-electron chi connectivity index (χ0n) is 10.6. The number of fused-ring (bicyclic) bond motifs is 1. The lowest BCUT2D eigenvalue weighted by Gasteiger charge is -2.20. The van der Waals surface area contributed by atoms with Crippen LogP contribution in [-0.4, -0.2) is 24.5 Å². The SMILES string of the molecule is CN(CC(N)=O)c1cc(C(F)F)nc2ccc(Cl)cc12. The Kier molecular flexibility index (Phi) is 4.04. The predicted octanol–water partition coefficient (Wildman–Crippen LogP) is 2.75. The number of rotatable bonds is 4. The van der Waals surface area contributed by atoms with Crippen molar-refractivity contribution in [1.29, 1.82) is 0 Å². The number of pyridine rings is 1. The second-order valence-corrected chi connectivity index (χ2v) is 4.79. The summed E-state index contributed by atoms with van der Waals surface area (Å²) < 4.78 is 25.8. The molecule has 0 radical (unpaired) electrons. The summed E-state index contributed by atoms with van der Waals surface area (Å²) in [6.07, 6.45) is -2.70. The first-order chi connectivity index (χ1) is 9.38. The maximum Gasteiger partial charge on any atom is 0.280 e. The standard InChI is InChI=1S/C13H12ClF2N3O/c1-19(6-12(17)20)11-5-10(13(15)16)18-9-3-2-7(14)4-8(9)11/h2-5,13H,6H2,1H3,(H2,17,20). The molecule has 0 spiro atoms. The van der Waals surface area contributed by atoms with Gasteiger partial charge in [0.25, 0.3) is 6.43 Å². The first-order valence-electron chi connectivity index (χ1n) is 5.76. The van der Waals surface area contributed by atoms with E-state index in [0.29, 0.717) is 21.6 Å². The van der Waals surface area contributed by atoms with Crippen LogP contribution in [0.15, 0.2) is 24.3 Å². The average molecular weight is 300 g/mol. The van der Waals surface area contributed by atoms with Gasteiger partial charge in [0.1, 0.15) is 5.69 Å². The summed E-state index contributed by atoms with van der Waals surface area (Å²) in [5.74, 6) is -0.557. The van der Waals surface area contributed by atoms with Crippen molar-refractivity contribution in [3.05, 3.63) is 35.0 Å². The van der Waals surface area contributed by atoms with Gasteiger partial charge in [0.05, 0.1) is 12.1 Å². The molecule has 2 N–H and O–H groups in total. The average Bonchev–Trinajstić information content (AvgIpc) is 2.36. The molecule has 0 aliphatic carbocycles. The van der Waals surface area contributed by atoms with E-state index in [1.807, 2.05) is 0 Å². The zero-order chi connectivity index (χ0) is 14.9. The van der Waals surface area contributed by atoms with Crippen LogP contribution in [0.1, 0.15) is 12.1 Å². The third kappa shape index (κ3) is 2.96. The van der Waals surface area contributed by atoms with Gasteiger partial charge in [-0.1, -0.05) is 11.6 Å². The Morgan fingerprint density at radius 3 is 2.75 bits per heavy atom. The van der Waals surface area contributed by atoms with Gasteiger partial charge in [0, 0.05) is 23.1 Å². The van der Waals surface area contributed by atoms with E-state index in [0.717, 1.165) is 0 Å². The maximum atomic E-state index is 12.9. The van der Waals surface area contributed by atoms with Crippen LogP contribution < -0.4 is 10.6 Å². The number of aromatic nitrogens is 1. The Bertz CT molecular complexity index is 663. The summed E-state index contributed by atoms with van der Waals surface area (Å²) in [5, 5.41) is 1.04. The number of halogens is 3. The van der Waals surface area contributed by atoms with Gasteiger partial charge in [-0.05, 0) is 24.3 Å². The van der Waals surface area contributed by atoms with E-state index in [1.54, 1.807) is 25.2 Å². The number of nitrogens with zero attached hydrogens (tertiary/aromatic N) is 2.